The molecule has 0 atom stereocenters. The number of nitrogens with zero attached hydrogens (tertiary/aromatic N) is 4. The van der Waals surface area contributed by atoms with Gasteiger partial charge in [0.05, 0.1) is 12.3 Å². The Kier molecular flexibility index (Phi) is 6.23. The minimum absolute atomic E-state index is 0.0647. The second-order valence-corrected chi connectivity index (χ2v) is 7.85. The molecule has 1 fully saturated rings. The number of aromatic nitrogens is 3. The number of rotatable bonds is 5. The van der Waals surface area contributed by atoms with Gasteiger partial charge in [0.15, 0.2) is 5.13 Å². The Morgan fingerprint density at radius 1 is 1.18 bits per heavy atom. The Bertz CT molecular complexity index is 854. The number of hydrogen-bond donors (Lipinski definition) is 1. The summed E-state index contributed by atoms with van der Waals surface area (Å²) in [4.78, 5) is 40.4. The second-order valence-electron chi connectivity index (χ2n) is 6.86. The number of piperidine rings is 1. The molecule has 1 amide bonds. The summed E-state index contributed by atoms with van der Waals surface area (Å²) in [6.07, 6.45) is 1.44. The van der Waals surface area contributed by atoms with E-state index in [0.717, 1.165) is 54.6 Å². The molecule has 0 saturated carbocycles. The largest absolute Gasteiger partial charge is 0.462 e. The highest BCUT2D eigenvalue weighted by atomic mass is 32.1. The van der Waals surface area contributed by atoms with Crippen molar-refractivity contribution in [3.8, 4) is 0 Å². The monoisotopic (exact) mass is 403 g/mol. The molecule has 0 bridgehead atoms. The Morgan fingerprint density at radius 2 is 1.82 bits per heavy atom. The van der Waals surface area contributed by atoms with E-state index in [1.165, 1.54) is 0 Å². The van der Waals surface area contributed by atoms with Gasteiger partial charge >= 0.3 is 5.97 Å². The van der Waals surface area contributed by atoms with Crippen molar-refractivity contribution in [2.24, 2.45) is 5.92 Å². The highest BCUT2D eigenvalue weighted by Crippen LogP contribution is 2.26. The third kappa shape index (κ3) is 4.64. The van der Waals surface area contributed by atoms with Crippen LogP contribution in [0, 0.1) is 26.7 Å². The van der Waals surface area contributed by atoms with E-state index in [4.69, 9.17) is 4.74 Å². The minimum Gasteiger partial charge on any atom is -0.462 e. The highest BCUT2D eigenvalue weighted by molar-refractivity contribution is 7.17. The van der Waals surface area contributed by atoms with Crippen molar-refractivity contribution >= 4 is 34.3 Å². The Labute approximate surface area is 168 Å². The average Bonchev–Trinajstić information content (AvgIpc) is 3.01. The first kappa shape index (κ1) is 20.2. The number of anilines is 2. The quantitative estimate of drug-likeness (QED) is 0.767. The van der Waals surface area contributed by atoms with Crippen LogP contribution in [0.4, 0.5) is 11.1 Å². The predicted molar refractivity (Wildman–Crippen MR) is 108 cm³/mol. The smallest absolute Gasteiger partial charge is 0.350 e. The number of hydrogen-bond acceptors (Lipinski definition) is 8. The molecule has 0 aromatic carbocycles. The maximum atomic E-state index is 12.6. The summed E-state index contributed by atoms with van der Waals surface area (Å²) in [6.45, 7) is 9.17. The van der Waals surface area contributed by atoms with Gasteiger partial charge in [-0.25, -0.2) is 19.7 Å². The van der Waals surface area contributed by atoms with E-state index in [-0.39, 0.29) is 11.8 Å². The van der Waals surface area contributed by atoms with Gasteiger partial charge < -0.3 is 15.0 Å². The van der Waals surface area contributed by atoms with Gasteiger partial charge in [0.1, 0.15) is 4.88 Å². The van der Waals surface area contributed by atoms with E-state index in [9.17, 15) is 9.59 Å². The van der Waals surface area contributed by atoms with Crippen molar-refractivity contribution < 1.29 is 14.3 Å². The van der Waals surface area contributed by atoms with Crippen molar-refractivity contribution in [3.05, 3.63) is 28.0 Å². The zero-order chi connectivity index (χ0) is 20.3. The van der Waals surface area contributed by atoms with Crippen LogP contribution in [0.3, 0.4) is 0 Å². The van der Waals surface area contributed by atoms with Crippen LogP contribution >= 0.6 is 11.3 Å². The fraction of sp³-hybridized carbons (Fsp3) is 0.526. The van der Waals surface area contributed by atoms with Crippen molar-refractivity contribution in [2.45, 2.75) is 40.5 Å². The van der Waals surface area contributed by atoms with Crippen LogP contribution in [0.25, 0.3) is 0 Å². The van der Waals surface area contributed by atoms with Crippen LogP contribution in [-0.2, 0) is 9.53 Å². The maximum absolute atomic E-state index is 12.6. The molecule has 0 unspecified atom stereocenters. The van der Waals surface area contributed by atoms with E-state index in [1.54, 1.807) is 13.8 Å². The number of ether oxygens (including phenoxy) is 1. The second kappa shape index (κ2) is 8.64. The molecule has 1 saturated heterocycles. The number of nitrogens with one attached hydrogen (secondary N) is 1. The molecule has 3 heterocycles. The molecular weight excluding hydrogens is 378 g/mol. The van der Waals surface area contributed by atoms with Gasteiger partial charge in [-0.1, -0.05) is 11.3 Å². The molecule has 0 aliphatic carbocycles. The predicted octanol–water partition coefficient (Wildman–Crippen LogP) is 2.89. The lowest BCUT2D eigenvalue weighted by Crippen LogP contribution is -2.39. The van der Waals surface area contributed by atoms with Crippen LogP contribution in [0.2, 0.25) is 0 Å². The Morgan fingerprint density at radius 3 is 2.43 bits per heavy atom. The highest BCUT2D eigenvalue weighted by Gasteiger charge is 2.27. The first-order valence-electron chi connectivity index (χ1n) is 9.40. The van der Waals surface area contributed by atoms with Crippen LogP contribution < -0.4 is 10.2 Å². The third-order valence-electron chi connectivity index (χ3n) is 4.61. The van der Waals surface area contributed by atoms with E-state index in [1.807, 2.05) is 19.9 Å². The van der Waals surface area contributed by atoms with E-state index >= 15 is 0 Å². The van der Waals surface area contributed by atoms with Crippen molar-refractivity contribution in [3.63, 3.8) is 0 Å². The van der Waals surface area contributed by atoms with Crippen LogP contribution in [-0.4, -0.2) is 46.5 Å². The number of esters is 1. The van der Waals surface area contributed by atoms with E-state index in [0.29, 0.717) is 22.3 Å². The molecule has 9 heteroatoms. The van der Waals surface area contributed by atoms with Gasteiger partial charge in [0.25, 0.3) is 0 Å². The number of aryl methyl sites for hydroxylation is 3. The zero-order valence-electron chi connectivity index (χ0n) is 16.6. The molecule has 0 radical (unpaired) electrons. The van der Waals surface area contributed by atoms with Crippen LogP contribution in [0.15, 0.2) is 6.07 Å². The summed E-state index contributed by atoms with van der Waals surface area (Å²) in [7, 11) is 0. The summed E-state index contributed by atoms with van der Waals surface area (Å²) >= 11 is 1.15. The molecule has 2 aromatic rings. The van der Waals surface area contributed by atoms with Crippen LogP contribution in [0.5, 0.6) is 0 Å². The van der Waals surface area contributed by atoms with Crippen molar-refractivity contribution in [1.82, 2.24) is 15.0 Å². The SMILES string of the molecule is CCOC(=O)c1sc(NC(=O)C2CCN(c3nc(C)cc(C)n3)CC2)nc1C. The normalized spacial score (nSPS) is 14.8. The third-order valence-corrected chi connectivity index (χ3v) is 5.66. The van der Waals surface area contributed by atoms with Gasteiger partial charge in [0.2, 0.25) is 11.9 Å². The first-order valence-corrected chi connectivity index (χ1v) is 10.2. The molecule has 1 aliphatic rings. The molecule has 1 aliphatic heterocycles. The molecule has 150 valence electrons. The summed E-state index contributed by atoms with van der Waals surface area (Å²) in [5.41, 5.74) is 2.46. The summed E-state index contributed by atoms with van der Waals surface area (Å²) in [6, 6.07) is 1.95. The number of amides is 1. The van der Waals surface area contributed by atoms with Gasteiger partial charge in [-0.15, -0.1) is 0 Å². The van der Waals surface area contributed by atoms with Crippen molar-refractivity contribution in [2.75, 3.05) is 29.9 Å². The molecule has 3 rings (SSSR count). The minimum atomic E-state index is -0.403. The molecule has 28 heavy (non-hydrogen) atoms. The molecule has 0 spiro atoms. The fourth-order valence-corrected chi connectivity index (χ4v) is 4.10. The number of carbonyl (C=O) groups is 2. The summed E-state index contributed by atoms with van der Waals surface area (Å²) < 4.78 is 5.02. The van der Waals surface area contributed by atoms with Gasteiger partial charge in [-0.2, -0.15) is 0 Å². The molecule has 8 nitrogen and oxygen atoms in total. The van der Waals surface area contributed by atoms with Gasteiger partial charge in [-0.05, 0) is 46.6 Å². The number of carbonyl (C=O) groups excluding carboxylic acids is 2. The fourth-order valence-electron chi connectivity index (χ4n) is 3.23. The Hall–Kier alpha value is -2.55. The average molecular weight is 404 g/mol. The molecule has 2 aromatic heterocycles. The van der Waals surface area contributed by atoms with Gasteiger partial charge in [0, 0.05) is 30.4 Å². The van der Waals surface area contributed by atoms with E-state index in [2.05, 4.69) is 25.2 Å². The zero-order valence-corrected chi connectivity index (χ0v) is 17.4. The van der Waals surface area contributed by atoms with E-state index < -0.39 is 5.97 Å². The topological polar surface area (TPSA) is 97.3 Å². The Balaban J connectivity index is 1.58. The molecular formula is C19H25N5O3S. The lowest BCUT2D eigenvalue weighted by Gasteiger charge is -2.31. The summed E-state index contributed by atoms with van der Waals surface area (Å²) in [5.74, 6) is 0.160. The van der Waals surface area contributed by atoms with Gasteiger partial charge in [-0.3, -0.25) is 4.79 Å². The standard InChI is InChI=1S/C19H25N5O3S/c1-5-27-17(26)15-13(4)22-19(28-15)23-16(25)14-6-8-24(9-7-14)18-20-11(2)10-12(3)21-18/h10,14H,5-9H2,1-4H3,(H,22,23,25). The lowest BCUT2D eigenvalue weighted by atomic mass is 9.96. The number of thiazole rings is 1. The molecule has 1 N–H and O–H groups in total. The lowest BCUT2D eigenvalue weighted by molar-refractivity contribution is -0.120. The van der Waals surface area contributed by atoms with Crippen LogP contribution in [0.1, 0.15) is 46.5 Å². The van der Waals surface area contributed by atoms with Crippen molar-refractivity contribution in [1.29, 1.82) is 0 Å². The first-order chi connectivity index (χ1) is 13.4. The maximum Gasteiger partial charge on any atom is 0.350 e. The summed E-state index contributed by atoms with van der Waals surface area (Å²) in [5, 5.41) is 3.29.